The quantitative estimate of drug-likeness (QED) is 0.463. The van der Waals surface area contributed by atoms with Gasteiger partial charge in [0.2, 0.25) is 0 Å². The maximum Gasteiger partial charge on any atom is 0.270 e. The summed E-state index contributed by atoms with van der Waals surface area (Å²) >= 11 is 2.08. The Morgan fingerprint density at radius 2 is 2.14 bits per heavy atom. The summed E-state index contributed by atoms with van der Waals surface area (Å²) in [7, 11) is 0. The Morgan fingerprint density at radius 1 is 1.43 bits per heavy atom. The number of nitrogens with two attached hydrogens (primary N) is 1. The minimum Gasteiger partial charge on any atom is -0.334 e. The van der Waals surface area contributed by atoms with Crippen LogP contribution in [-0.4, -0.2) is 15.1 Å². The summed E-state index contributed by atoms with van der Waals surface area (Å²) in [6.45, 7) is 0. The molecule has 7 nitrogen and oxygen atoms in total. The van der Waals surface area contributed by atoms with Crippen molar-refractivity contribution in [3.8, 4) is 11.5 Å². The number of nitrogens with zero attached hydrogens (tertiary/aromatic N) is 3. The monoisotopic (exact) mass is 422 g/mol. The molecule has 1 aromatic carbocycles. The number of halogens is 2. The van der Waals surface area contributed by atoms with Crippen LogP contribution >= 0.6 is 35.0 Å². The Balaban J connectivity index is 0.00000161. The van der Waals surface area contributed by atoms with Crippen molar-refractivity contribution in [3.63, 3.8) is 0 Å². The van der Waals surface area contributed by atoms with Crippen LogP contribution in [-0.2, 0) is 5.54 Å². The van der Waals surface area contributed by atoms with Crippen molar-refractivity contribution < 1.29 is 9.45 Å². The molecular formula is C12H12ClIN4O3. The third-order valence-corrected chi connectivity index (χ3v) is 4.45. The molecule has 21 heavy (non-hydrogen) atoms. The predicted octanol–water partition coefficient (Wildman–Crippen LogP) is 3.01. The van der Waals surface area contributed by atoms with Gasteiger partial charge in [0.05, 0.1) is 16.0 Å². The molecule has 0 radical (unpaired) electrons. The first kappa shape index (κ1) is 16.1. The molecule has 1 aliphatic rings. The van der Waals surface area contributed by atoms with Crippen LogP contribution in [0.1, 0.15) is 25.1 Å². The predicted molar refractivity (Wildman–Crippen MR) is 86.1 cm³/mol. The lowest BCUT2D eigenvalue weighted by Crippen LogP contribution is -2.44. The molecule has 1 saturated carbocycles. The standard InChI is InChI=1S/C12H11IN4O3.ClH/c13-9-3-2-7(17(18)19)6-8(9)10-15-11(16-20-10)12(14)4-1-5-12;/h2-3,6H,1,4-5,14H2;1H. The summed E-state index contributed by atoms with van der Waals surface area (Å²) in [5.41, 5.74) is 6.18. The van der Waals surface area contributed by atoms with Gasteiger partial charge in [-0.1, -0.05) is 5.16 Å². The van der Waals surface area contributed by atoms with Gasteiger partial charge in [-0.15, -0.1) is 12.4 Å². The number of hydrogen-bond acceptors (Lipinski definition) is 6. The Labute approximate surface area is 140 Å². The summed E-state index contributed by atoms with van der Waals surface area (Å²) in [4.78, 5) is 14.7. The highest BCUT2D eigenvalue weighted by atomic mass is 127. The number of aromatic nitrogens is 2. The SMILES string of the molecule is Cl.NC1(c2noc(-c3cc([N+](=O)[O-])ccc3I)n2)CCC1. The maximum atomic E-state index is 10.8. The van der Waals surface area contributed by atoms with E-state index < -0.39 is 10.5 Å². The van der Waals surface area contributed by atoms with E-state index in [0.717, 1.165) is 22.8 Å². The second-order valence-electron chi connectivity index (χ2n) is 4.85. The van der Waals surface area contributed by atoms with Crippen molar-refractivity contribution in [3.05, 3.63) is 37.7 Å². The van der Waals surface area contributed by atoms with E-state index in [0.29, 0.717) is 11.4 Å². The lowest BCUT2D eigenvalue weighted by Gasteiger charge is -2.34. The largest absolute Gasteiger partial charge is 0.334 e. The summed E-state index contributed by atoms with van der Waals surface area (Å²) in [5, 5.41) is 14.7. The molecule has 1 aliphatic carbocycles. The van der Waals surface area contributed by atoms with Gasteiger partial charge in [0.25, 0.3) is 11.6 Å². The molecule has 1 heterocycles. The van der Waals surface area contributed by atoms with Crippen LogP contribution in [0, 0.1) is 13.7 Å². The second-order valence-corrected chi connectivity index (χ2v) is 6.02. The van der Waals surface area contributed by atoms with Crippen LogP contribution in [0.3, 0.4) is 0 Å². The molecule has 9 heteroatoms. The number of rotatable bonds is 3. The molecule has 0 saturated heterocycles. The number of nitro benzene ring substituents is 1. The maximum absolute atomic E-state index is 10.8. The van der Waals surface area contributed by atoms with Gasteiger partial charge in [0.1, 0.15) is 0 Å². The molecule has 0 spiro atoms. The van der Waals surface area contributed by atoms with E-state index in [2.05, 4.69) is 32.7 Å². The zero-order valence-corrected chi connectivity index (χ0v) is 13.8. The van der Waals surface area contributed by atoms with E-state index in [9.17, 15) is 10.1 Å². The van der Waals surface area contributed by atoms with Gasteiger partial charge in [-0.25, -0.2) is 0 Å². The first-order chi connectivity index (χ1) is 9.49. The molecule has 0 atom stereocenters. The highest BCUT2D eigenvalue weighted by Gasteiger charge is 2.39. The number of hydrogen-bond donors (Lipinski definition) is 1. The van der Waals surface area contributed by atoms with Gasteiger partial charge in [0, 0.05) is 15.7 Å². The zero-order valence-electron chi connectivity index (χ0n) is 10.8. The van der Waals surface area contributed by atoms with Crippen LogP contribution in [0.25, 0.3) is 11.5 Å². The van der Waals surface area contributed by atoms with Crippen LogP contribution in [0.2, 0.25) is 0 Å². The molecule has 0 unspecified atom stereocenters. The van der Waals surface area contributed by atoms with Crippen molar-refractivity contribution in [1.29, 1.82) is 0 Å². The summed E-state index contributed by atoms with van der Waals surface area (Å²) in [6.07, 6.45) is 2.71. The van der Waals surface area contributed by atoms with Gasteiger partial charge >= 0.3 is 0 Å². The fourth-order valence-corrected chi connectivity index (χ4v) is 2.67. The number of benzene rings is 1. The van der Waals surface area contributed by atoms with Crippen LogP contribution in [0.5, 0.6) is 0 Å². The minimum atomic E-state index is -0.506. The second kappa shape index (κ2) is 5.85. The number of non-ortho nitro benzene ring substituents is 1. The van der Waals surface area contributed by atoms with E-state index in [4.69, 9.17) is 10.3 Å². The molecule has 3 rings (SSSR count). The fourth-order valence-electron chi connectivity index (χ4n) is 2.11. The third-order valence-electron chi connectivity index (χ3n) is 3.51. The van der Waals surface area contributed by atoms with Crippen LogP contribution in [0.4, 0.5) is 5.69 Å². The van der Waals surface area contributed by atoms with Crippen LogP contribution in [0.15, 0.2) is 22.7 Å². The molecule has 0 aliphatic heterocycles. The van der Waals surface area contributed by atoms with E-state index in [1.165, 1.54) is 12.1 Å². The molecule has 2 N–H and O–H groups in total. The average molecular weight is 423 g/mol. The zero-order chi connectivity index (χ0) is 14.3. The van der Waals surface area contributed by atoms with Gasteiger partial charge in [-0.3, -0.25) is 10.1 Å². The molecular weight excluding hydrogens is 411 g/mol. The molecule has 1 aromatic heterocycles. The smallest absolute Gasteiger partial charge is 0.270 e. The lowest BCUT2D eigenvalue weighted by atomic mass is 9.77. The van der Waals surface area contributed by atoms with Gasteiger partial charge in [0.15, 0.2) is 5.82 Å². The van der Waals surface area contributed by atoms with Crippen molar-refractivity contribution in [2.24, 2.45) is 5.73 Å². The Kier molecular flexibility index (Phi) is 4.49. The number of nitro groups is 1. The Hall–Kier alpha value is -1.26. The highest BCUT2D eigenvalue weighted by Crippen LogP contribution is 2.38. The highest BCUT2D eigenvalue weighted by molar-refractivity contribution is 14.1. The average Bonchev–Trinajstić information content (AvgIpc) is 2.86. The third kappa shape index (κ3) is 2.87. The van der Waals surface area contributed by atoms with Gasteiger partial charge < -0.3 is 10.3 Å². The first-order valence-corrected chi connectivity index (χ1v) is 7.15. The normalized spacial score (nSPS) is 15.9. The van der Waals surface area contributed by atoms with Crippen LogP contribution < -0.4 is 5.73 Å². The molecule has 112 valence electrons. The fraction of sp³-hybridized carbons (Fsp3) is 0.333. The molecule has 0 amide bonds. The minimum absolute atomic E-state index is 0. The summed E-state index contributed by atoms with van der Waals surface area (Å²) < 4.78 is 6.03. The Morgan fingerprint density at radius 3 is 2.71 bits per heavy atom. The van der Waals surface area contributed by atoms with E-state index in [1.807, 2.05) is 0 Å². The molecule has 0 bridgehead atoms. The summed E-state index contributed by atoms with van der Waals surface area (Å²) in [6, 6.07) is 4.53. The van der Waals surface area contributed by atoms with E-state index in [-0.39, 0.29) is 24.0 Å². The van der Waals surface area contributed by atoms with Crippen molar-refractivity contribution in [2.45, 2.75) is 24.8 Å². The van der Waals surface area contributed by atoms with Crippen molar-refractivity contribution >= 4 is 40.7 Å². The van der Waals surface area contributed by atoms with E-state index >= 15 is 0 Å². The summed E-state index contributed by atoms with van der Waals surface area (Å²) in [5.74, 6) is 0.742. The van der Waals surface area contributed by atoms with Crippen molar-refractivity contribution in [1.82, 2.24) is 10.1 Å². The lowest BCUT2D eigenvalue weighted by molar-refractivity contribution is -0.384. The van der Waals surface area contributed by atoms with Gasteiger partial charge in [-0.05, 0) is 47.9 Å². The van der Waals surface area contributed by atoms with Crippen molar-refractivity contribution in [2.75, 3.05) is 0 Å². The van der Waals surface area contributed by atoms with Gasteiger partial charge in [-0.2, -0.15) is 4.98 Å². The molecule has 1 fully saturated rings. The Bertz CT molecular complexity index is 687. The topological polar surface area (TPSA) is 108 Å². The molecule has 2 aromatic rings. The first-order valence-electron chi connectivity index (χ1n) is 6.07. The van der Waals surface area contributed by atoms with E-state index in [1.54, 1.807) is 6.07 Å².